The molecule has 0 aliphatic carbocycles. The highest BCUT2D eigenvalue weighted by molar-refractivity contribution is 9.09. The zero-order valence-electron chi connectivity index (χ0n) is 24.0. The van der Waals surface area contributed by atoms with Gasteiger partial charge in [-0.2, -0.15) is 0 Å². The second-order valence-corrected chi connectivity index (χ2v) is 9.88. The van der Waals surface area contributed by atoms with E-state index in [1.165, 1.54) is 6.20 Å². The van der Waals surface area contributed by atoms with Gasteiger partial charge in [0.05, 0.1) is 18.0 Å². The summed E-state index contributed by atoms with van der Waals surface area (Å²) in [6.07, 6.45) is 11.3. The first-order valence-corrected chi connectivity index (χ1v) is 13.6. The molecule has 234 valence electrons. The third kappa shape index (κ3) is 14.3. The van der Waals surface area contributed by atoms with E-state index < -0.39 is 0 Å². The molecule has 0 aromatic carbocycles. The van der Waals surface area contributed by atoms with E-state index in [0.717, 1.165) is 40.8 Å². The predicted octanol–water partition coefficient (Wildman–Crippen LogP) is 7.35. The molecule has 11 nitrogen and oxygen atoms in total. The van der Waals surface area contributed by atoms with Gasteiger partial charge in [-0.1, -0.05) is 55.9 Å². The van der Waals surface area contributed by atoms with Crippen LogP contribution in [0.2, 0.25) is 0 Å². The number of aromatic nitrogens is 5. The Morgan fingerprint density at radius 2 is 1.34 bits per heavy atom. The van der Waals surface area contributed by atoms with Crippen LogP contribution in [0.5, 0.6) is 0 Å². The van der Waals surface area contributed by atoms with E-state index in [1.54, 1.807) is 37.5 Å². The first-order valence-electron chi connectivity index (χ1n) is 12.7. The lowest BCUT2D eigenvalue weighted by Crippen LogP contribution is -1.98. The van der Waals surface area contributed by atoms with E-state index in [1.807, 2.05) is 60.2 Å². The molecule has 5 rings (SSSR count). The van der Waals surface area contributed by atoms with Crippen molar-refractivity contribution in [1.29, 1.82) is 0 Å². The van der Waals surface area contributed by atoms with Crippen molar-refractivity contribution in [1.82, 2.24) is 23.8 Å². The number of nitrogens with two attached hydrogens (primary N) is 2. The number of fused-ring (bicyclic) bond motifs is 2. The van der Waals surface area contributed by atoms with Gasteiger partial charge in [0.15, 0.2) is 0 Å². The molecule has 0 saturated carbocycles. The summed E-state index contributed by atoms with van der Waals surface area (Å²) in [6, 6.07) is 10.8. The second kappa shape index (κ2) is 22.7. The molecule has 1 unspecified atom stereocenters. The SMILES string of the molecule is C.C.CC(Br)C=O.CCC=O.Cc1cnc2ccc(CN)cn12.[C-]#[N+]c1ccc(N)nc1.[C-]#[N+]c1ccc2ncc(C)n2c1. The first-order chi connectivity index (χ1) is 20.1. The zero-order valence-corrected chi connectivity index (χ0v) is 25.6. The highest BCUT2D eigenvalue weighted by Gasteiger charge is 1.99. The van der Waals surface area contributed by atoms with Crippen molar-refractivity contribution in [2.45, 2.75) is 60.3 Å². The van der Waals surface area contributed by atoms with Crippen LogP contribution in [-0.2, 0) is 16.1 Å². The lowest BCUT2D eigenvalue weighted by molar-refractivity contribution is -0.108. The van der Waals surface area contributed by atoms with Gasteiger partial charge in [0.2, 0.25) is 11.4 Å². The molecule has 44 heavy (non-hydrogen) atoms. The number of hydrogen-bond donors (Lipinski definition) is 2. The van der Waals surface area contributed by atoms with Gasteiger partial charge in [0.1, 0.15) is 29.7 Å². The monoisotopic (exact) mass is 663 g/mol. The summed E-state index contributed by atoms with van der Waals surface area (Å²) in [4.78, 5) is 37.2. The second-order valence-electron chi connectivity index (χ2n) is 8.44. The molecule has 0 aliphatic heterocycles. The lowest BCUT2D eigenvalue weighted by Gasteiger charge is -1.99. The van der Waals surface area contributed by atoms with Crippen LogP contribution < -0.4 is 11.5 Å². The van der Waals surface area contributed by atoms with E-state index in [4.69, 9.17) is 24.6 Å². The van der Waals surface area contributed by atoms with Crippen molar-refractivity contribution >= 4 is 57.0 Å². The van der Waals surface area contributed by atoms with Gasteiger partial charge in [0.25, 0.3) is 0 Å². The quantitative estimate of drug-likeness (QED) is 0.117. The van der Waals surface area contributed by atoms with Crippen LogP contribution in [0.4, 0.5) is 17.2 Å². The van der Waals surface area contributed by atoms with Crippen molar-refractivity contribution < 1.29 is 9.59 Å². The molecule has 4 N–H and O–H groups in total. The zero-order chi connectivity index (χ0) is 31.5. The Kier molecular flexibility index (Phi) is 21.2. The Morgan fingerprint density at radius 3 is 1.75 bits per heavy atom. The van der Waals surface area contributed by atoms with E-state index in [-0.39, 0.29) is 19.7 Å². The van der Waals surface area contributed by atoms with E-state index in [9.17, 15) is 9.59 Å². The summed E-state index contributed by atoms with van der Waals surface area (Å²) < 4.78 is 3.95. The number of aldehydes is 2. The average Bonchev–Trinajstić information content (AvgIpc) is 3.59. The fourth-order valence-corrected chi connectivity index (χ4v) is 2.89. The molecule has 0 saturated heterocycles. The fourth-order valence-electron chi connectivity index (χ4n) is 2.89. The maximum Gasteiger partial charge on any atom is 0.205 e. The number of nitrogens with zero attached hydrogens (tertiary/aromatic N) is 7. The first kappa shape index (κ1) is 41.2. The summed E-state index contributed by atoms with van der Waals surface area (Å²) in [6.45, 7) is 21.5. The molecule has 12 heteroatoms. The largest absolute Gasteiger partial charge is 0.384 e. The number of anilines is 1. The predicted molar refractivity (Wildman–Crippen MR) is 183 cm³/mol. The van der Waals surface area contributed by atoms with Crippen molar-refractivity contribution in [2.24, 2.45) is 5.73 Å². The molecule has 0 fully saturated rings. The minimum absolute atomic E-state index is 0. The van der Waals surface area contributed by atoms with Crippen LogP contribution in [-0.4, -0.2) is 41.2 Å². The van der Waals surface area contributed by atoms with Gasteiger partial charge in [-0.25, -0.2) is 19.7 Å². The van der Waals surface area contributed by atoms with Gasteiger partial charge in [-0.15, -0.1) is 0 Å². The molecule has 0 aliphatic rings. The number of hydrogen-bond acceptors (Lipinski definition) is 7. The number of aryl methyl sites for hydroxylation is 2. The van der Waals surface area contributed by atoms with E-state index in [2.05, 4.69) is 40.6 Å². The number of rotatable bonds is 3. The molecule has 0 spiro atoms. The average molecular weight is 665 g/mol. The number of carbonyl (C=O) groups is 2. The van der Waals surface area contributed by atoms with Crippen molar-refractivity contribution in [2.75, 3.05) is 5.73 Å². The van der Waals surface area contributed by atoms with Crippen molar-refractivity contribution in [3.8, 4) is 0 Å². The third-order valence-electron chi connectivity index (χ3n) is 5.05. The smallest absolute Gasteiger partial charge is 0.205 e. The highest BCUT2D eigenvalue weighted by Crippen LogP contribution is 2.14. The number of alkyl halides is 1. The fraction of sp³-hybridized carbons (Fsp3) is 0.281. The molecular weight excluding hydrogens is 622 g/mol. The number of pyridine rings is 3. The Hall–Kier alpha value is -4.91. The number of nitrogen functional groups attached to an aromatic ring is 1. The Labute approximate surface area is 268 Å². The molecule has 0 bridgehead atoms. The normalized spacial score (nSPS) is 9.55. The summed E-state index contributed by atoms with van der Waals surface area (Å²) in [5.74, 6) is 0.447. The number of imidazole rings is 2. The van der Waals surface area contributed by atoms with Crippen molar-refractivity contribution in [3.05, 3.63) is 107 Å². The van der Waals surface area contributed by atoms with Crippen molar-refractivity contribution in [3.63, 3.8) is 0 Å². The molecule has 1 atom stereocenters. The topological polar surface area (TPSA) is 142 Å². The van der Waals surface area contributed by atoms with Crippen LogP contribution in [0.1, 0.15) is 52.1 Å². The molecule has 0 radical (unpaired) electrons. The number of carbonyl (C=O) groups excluding carboxylic acids is 2. The van der Waals surface area contributed by atoms with Gasteiger partial charge in [-0.05, 0) is 44.5 Å². The Morgan fingerprint density at radius 1 is 0.864 bits per heavy atom. The summed E-state index contributed by atoms with van der Waals surface area (Å²) in [5, 5.41) is 0. The number of halogens is 1. The Bertz CT molecular complexity index is 1630. The lowest BCUT2D eigenvalue weighted by atomic mass is 10.3. The molecular formula is C32H42BrN9O2. The molecule has 0 amide bonds. The van der Waals surface area contributed by atoms with Crippen LogP contribution in [0.15, 0.2) is 67.4 Å². The maximum absolute atomic E-state index is 9.46. The summed E-state index contributed by atoms with van der Waals surface area (Å²) in [5.41, 5.74) is 17.1. The summed E-state index contributed by atoms with van der Waals surface area (Å²) >= 11 is 3.01. The Balaban J connectivity index is 0. The molecule has 5 heterocycles. The van der Waals surface area contributed by atoms with Gasteiger partial charge < -0.3 is 29.9 Å². The van der Waals surface area contributed by atoms with E-state index >= 15 is 0 Å². The molecule has 5 aromatic rings. The van der Waals surface area contributed by atoms with Crippen LogP contribution in [0.25, 0.3) is 21.0 Å². The van der Waals surface area contributed by atoms with Crippen LogP contribution in [0.3, 0.4) is 0 Å². The summed E-state index contributed by atoms with van der Waals surface area (Å²) in [7, 11) is 0. The highest BCUT2D eigenvalue weighted by atomic mass is 79.9. The van der Waals surface area contributed by atoms with Gasteiger partial charge in [-0.3, -0.25) is 4.98 Å². The van der Waals surface area contributed by atoms with Gasteiger partial charge in [0, 0.05) is 55.3 Å². The minimum atomic E-state index is 0. The van der Waals surface area contributed by atoms with Crippen LogP contribution in [0, 0.1) is 27.0 Å². The van der Waals surface area contributed by atoms with E-state index in [0.29, 0.717) is 30.2 Å². The molecule has 5 aromatic heterocycles. The van der Waals surface area contributed by atoms with Gasteiger partial charge >= 0.3 is 0 Å². The van der Waals surface area contributed by atoms with Crippen LogP contribution >= 0.6 is 15.9 Å². The standard InChI is InChI=1S/C9H7N3.C9H11N3.C6H5N3.C3H5BrO.C3H6O.2CH4/c1-7-5-11-9-4-3-8(10-2)6-12(7)9;1-7-5-11-9-3-2-8(4-10)6-12(7)9;1-8-5-2-3-6(7)9-4-5;1-3(4)2-5;1-2-3-4;;/h3-6H,1H3;2-3,5-6H,4,10H2,1H3;2-4H,(H2,7,9);2-3H,1H3;3H,2H2,1H3;2*1H4. The third-order valence-corrected chi connectivity index (χ3v) is 5.26. The minimum Gasteiger partial charge on any atom is -0.384 e. The maximum atomic E-state index is 9.46.